The van der Waals surface area contributed by atoms with Crippen molar-refractivity contribution in [2.24, 2.45) is 11.5 Å². The van der Waals surface area contributed by atoms with Gasteiger partial charge in [-0.1, -0.05) is 12.1 Å². The van der Waals surface area contributed by atoms with Gasteiger partial charge in [0.15, 0.2) is 0 Å². The second-order valence-electron chi connectivity index (χ2n) is 3.75. The van der Waals surface area contributed by atoms with Crippen LogP contribution >= 0.6 is 0 Å². The summed E-state index contributed by atoms with van der Waals surface area (Å²) in [6.07, 6.45) is 0.786. The first-order valence-corrected chi connectivity index (χ1v) is 5.46. The molecule has 0 heterocycles. The van der Waals surface area contributed by atoms with Gasteiger partial charge in [0, 0.05) is 6.42 Å². The molecule has 1 unspecified atom stereocenters. The van der Waals surface area contributed by atoms with Gasteiger partial charge in [-0.25, -0.2) is 0 Å². The monoisotopic (exact) mass is 240 g/mol. The first kappa shape index (κ1) is 13.4. The van der Waals surface area contributed by atoms with E-state index in [0.717, 1.165) is 5.56 Å². The molecule has 0 saturated carbocycles. The normalized spacial score (nSPS) is 12.1. The molecule has 5 heteroatoms. The summed E-state index contributed by atoms with van der Waals surface area (Å²) in [6.45, 7) is -0.0256. The number of hydrogen-bond donors (Lipinski definition) is 2. The van der Waals surface area contributed by atoms with Gasteiger partial charge in [-0.15, -0.1) is 0 Å². The highest BCUT2D eigenvalue weighted by molar-refractivity contribution is 5.79. The zero-order valence-corrected chi connectivity index (χ0v) is 9.56. The predicted molar refractivity (Wildman–Crippen MR) is 63.4 cm³/mol. The largest absolute Gasteiger partial charge is 0.494 e. The zero-order chi connectivity index (χ0) is 12.7. The van der Waals surface area contributed by atoms with E-state index in [1.807, 2.05) is 12.1 Å². The standard InChI is InChI=1S/C12H17FN2O2/c13-6-1-7-17-10-4-2-9(3-5-10)8-11(14)12(15)16/h2-5,11H,1,6-8,14H2,(H2,15,16). The molecule has 0 spiro atoms. The average Bonchev–Trinajstić information content (AvgIpc) is 2.31. The Labute approximate surface area is 99.7 Å². The molecule has 0 aliphatic rings. The van der Waals surface area contributed by atoms with Crippen LogP contribution in [0, 0.1) is 0 Å². The lowest BCUT2D eigenvalue weighted by Crippen LogP contribution is -2.38. The molecule has 4 N–H and O–H groups in total. The molecule has 0 aliphatic heterocycles. The quantitative estimate of drug-likeness (QED) is 0.691. The summed E-state index contributed by atoms with van der Waals surface area (Å²) in [4.78, 5) is 10.8. The average molecular weight is 240 g/mol. The van der Waals surface area contributed by atoms with Crippen LogP contribution in [-0.4, -0.2) is 25.2 Å². The van der Waals surface area contributed by atoms with Crippen LogP contribution in [0.15, 0.2) is 24.3 Å². The molecule has 1 amide bonds. The zero-order valence-electron chi connectivity index (χ0n) is 9.56. The summed E-state index contributed by atoms with van der Waals surface area (Å²) >= 11 is 0. The van der Waals surface area contributed by atoms with Crippen molar-refractivity contribution < 1.29 is 13.9 Å². The maximum absolute atomic E-state index is 11.8. The van der Waals surface area contributed by atoms with E-state index in [0.29, 0.717) is 25.2 Å². The summed E-state index contributed by atoms with van der Waals surface area (Å²) < 4.78 is 17.1. The van der Waals surface area contributed by atoms with Crippen molar-refractivity contribution in [1.29, 1.82) is 0 Å². The number of primary amides is 1. The van der Waals surface area contributed by atoms with E-state index >= 15 is 0 Å². The Kier molecular flexibility index (Phi) is 5.42. The minimum Gasteiger partial charge on any atom is -0.494 e. The number of alkyl halides is 1. The van der Waals surface area contributed by atoms with Crippen LogP contribution in [0.5, 0.6) is 5.75 Å². The highest BCUT2D eigenvalue weighted by atomic mass is 19.1. The van der Waals surface area contributed by atoms with E-state index in [9.17, 15) is 9.18 Å². The van der Waals surface area contributed by atoms with Crippen molar-refractivity contribution in [3.05, 3.63) is 29.8 Å². The number of carbonyl (C=O) groups excluding carboxylic acids is 1. The lowest BCUT2D eigenvalue weighted by Gasteiger charge is -2.09. The van der Waals surface area contributed by atoms with Gasteiger partial charge in [0.2, 0.25) is 5.91 Å². The minimum atomic E-state index is -0.673. The van der Waals surface area contributed by atoms with Crippen molar-refractivity contribution in [2.45, 2.75) is 18.9 Å². The molecule has 1 rings (SSSR count). The van der Waals surface area contributed by atoms with Crippen LogP contribution in [0.1, 0.15) is 12.0 Å². The minimum absolute atomic E-state index is 0.358. The lowest BCUT2D eigenvalue weighted by atomic mass is 10.1. The molecule has 0 aliphatic carbocycles. The van der Waals surface area contributed by atoms with Crippen molar-refractivity contribution in [2.75, 3.05) is 13.3 Å². The third-order valence-electron chi connectivity index (χ3n) is 2.29. The third-order valence-corrected chi connectivity index (χ3v) is 2.29. The summed E-state index contributed by atoms with van der Waals surface area (Å²) in [6, 6.07) is 6.48. The first-order valence-electron chi connectivity index (χ1n) is 5.46. The molecule has 4 nitrogen and oxygen atoms in total. The van der Waals surface area contributed by atoms with Crippen LogP contribution < -0.4 is 16.2 Å². The number of carbonyl (C=O) groups is 1. The Bertz CT molecular complexity index is 354. The number of nitrogens with two attached hydrogens (primary N) is 2. The summed E-state index contributed by atoms with van der Waals surface area (Å²) in [5.74, 6) is 0.156. The van der Waals surface area contributed by atoms with Gasteiger partial charge in [0.1, 0.15) is 5.75 Å². The molecule has 1 aromatic carbocycles. The summed E-state index contributed by atoms with van der Waals surface area (Å²) in [5.41, 5.74) is 11.5. The van der Waals surface area contributed by atoms with Gasteiger partial charge in [0.05, 0.1) is 19.3 Å². The maximum atomic E-state index is 11.8. The summed E-state index contributed by atoms with van der Waals surface area (Å²) in [5, 5.41) is 0. The topological polar surface area (TPSA) is 78.3 Å². The van der Waals surface area contributed by atoms with Crippen LogP contribution in [0.4, 0.5) is 4.39 Å². The highest BCUT2D eigenvalue weighted by Gasteiger charge is 2.09. The van der Waals surface area contributed by atoms with Gasteiger partial charge in [-0.2, -0.15) is 0 Å². The van der Waals surface area contributed by atoms with Crippen molar-refractivity contribution in [3.8, 4) is 5.75 Å². The molecule has 0 radical (unpaired) electrons. The van der Waals surface area contributed by atoms with Crippen LogP contribution in [0.2, 0.25) is 0 Å². The molecule has 0 bridgehead atoms. The van der Waals surface area contributed by atoms with Crippen molar-refractivity contribution >= 4 is 5.91 Å². The third kappa shape index (κ3) is 4.82. The van der Waals surface area contributed by atoms with E-state index in [2.05, 4.69) is 0 Å². The fraction of sp³-hybridized carbons (Fsp3) is 0.417. The molecule has 94 valence electrons. The molecular formula is C12H17FN2O2. The second-order valence-corrected chi connectivity index (χ2v) is 3.75. The van der Waals surface area contributed by atoms with Crippen LogP contribution in [-0.2, 0) is 11.2 Å². The Morgan fingerprint density at radius 1 is 1.35 bits per heavy atom. The number of hydrogen-bond acceptors (Lipinski definition) is 3. The van der Waals surface area contributed by atoms with Gasteiger partial charge in [-0.05, 0) is 24.1 Å². The van der Waals surface area contributed by atoms with Gasteiger partial charge < -0.3 is 16.2 Å². The smallest absolute Gasteiger partial charge is 0.234 e. The Hall–Kier alpha value is -1.62. The van der Waals surface area contributed by atoms with Gasteiger partial charge in [-0.3, -0.25) is 9.18 Å². The van der Waals surface area contributed by atoms with E-state index in [4.69, 9.17) is 16.2 Å². The van der Waals surface area contributed by atoms with E-state index in [1.165, 1.54) is 0 Å². The van der Waals surface area contributed by atoms with E-state index in [-0.39, 0.29) is 6.67 Å². The fourth-order valence-electron chi connectivity index (χ4n) is 1.32. The SMILES string of the molecule is NC(=O)C(N)Cc1ccc(OCCCF)cc1. The second kappa shape index (κ2) is 6.85. The molecule has 17 heavy (non-hydrogen) atoms. The molecule has 0 aromatic heterocycles. The Morgan fingerprint density at radius 3 is 2.53 bits per heavy atom. The molecule has 0 fully saturated rings. The Morgan fingerprint density at radius 2 is 2.00 bits per heavy atom. The van der Waals surface area contributed by atoms with Crippen molar-refractivity contribution in [3.63, 3.8) is 0 Å². The summed E-state index contributed by atoms with van der Waals surface area (Å²) in [7, 11) is 0. The lowest BCUT2D eigenvalue weighted by molar-refractivity contribution is -0.119. The van der Waals surface area contributed by atoms with Gasteiger partial charge >= 0.3 is 0 Å². The number of benzene rings is 1. The Balaban J connectivity index is 2.47. The maximum Gasteiger partial charge on any atom is 0.234 e. The fourth-order valence-corrected chi connectivity index (χ4v) is 1.32. The molecule has 0 saturated heterocycles. The molecule has 1 aromatic rings. The predicted octanol–water partition coefficient (Wildman–Crippen LogP) is 0.780. The molecular weight excluding hydrogens is 223 g/mol. The van der Waals surface area contributed by atoms with Gasteiger partial charge in [0.25, 0.3) is 0 Å². The number of rotatable bonds is 7. The number of ether oxygens (including phenoxy) is 1. The van der Waals surface area contributed by atoms with Crippen molar-refractivity contribution in [1.82, 2.24) is 0 Å². The van der Waals surface area contributed by atoms with Crippen LogP contribution in [0.25, 0.3) is 0 Å². The highest BCUT2D eigenvalue weighted by Crippen LogP contribution is 2.13. The number of halogens is 1. The van der Waals surface area contributed by atoms with E-state index < -0.39 is 11.9 Å². The number of amides is 1. The van der Waals surface area contributed by atoms with Crippen LogP contribution in [0.3, 0.4) is 0 Å². The first-order chi connectivity index (χ1) is 8.13. The van der Waals surface area contributed by atoms with E-state index in [1.54, 1.807) is 12.1 Å². The molecule has 1 atom stereocenters.